The van der Waals surface area contributed by atoms with Gasteiger partial charge in [0.25, 0.3) is 0 Å². The van der Waals surface area contributed by atoms with Crippen molar-refractivity contribution in [3.05, 3.63) is 30.3 Å². The first-order chi connectivity index (χ1) is 12.3. The van der Waals surface area contributed by atoms with Crippen molar-refractivity contribution >= 4 is 5.96 Å². The van der Waals surface area contributed by atoms with E-state index in [0.29, 0.717) is 6.61 Å². The van der Waals surface area contributed by atoms with Crippen molar-refractivity contribution in [2.45, 2.75) is 32.6 Å². The third kappa shape index (κ3) is 7.78. The molecule has 140 valence electrons. The second-order valence-electron chi connectivity index (χ2n) is 6.52. The van der Waals surface area contributed by atoms with Gasteiger partial charge in [0.15, 0.2) is 5.96 Å². The highest BCUT2D eigenvalue weighted by Gasteiger charge is 2.15. The largest absolute Gasteiger partial charge is 0.494 e. The summed E-state index contributed by atoms with van der Waals surface area (Å²) in [6.07, 6.45) is 4.51. The molecular formula is C20H33N3O2. The predicted molar refractivity (Wildman–Crippen MR) is 103 cm³/mol. The fourth-order valence-electron chi connectivity index (χ4n) is 2.94. The van der Waals surface area contributed by atoms with Crippen LogP contribution in [0.4, 0.5) is 0 Å². The number of para-hydroxylation sites is 1. The average molecular weight is 348 g/mol. The number of aliphatic imine (C=N–C) groups is 1. The first-order valence-corrected chi connectivity index (χ1v) is 9.54. The molecule has 1 heterocycles. The second-order valence-corrected chi connectivity index (χ2v) is 6.52. The van der Waals surface area contributed by atoms with E-state index < -0.39 is 0 Å². The quantitative estimate of drug-likeness (QED) is 0.423. The van der Waals surface area contributed by atoms with Crippen LogP contribution >= 0.6 is 0 Å². The summed E-state index contributed by atoms with van der Waals surface area (Å²) in [5.74, 6) is 2.71. The Morgan fingerprint density at radius 1 is 1.28 bits per heavy atom. The average Bonchev–Trinajstić information content (AvgIpc) is 2.66. The maximum absolute atomic E-state index is 5.72. The van der Waals surface area contributed by atoms with Crippen LogP contribution in [-0.2, 0) is 4.74 Å². The zero-order valence-electron chi connectivity index (χ0n) is 15.7. The van der Waals surface area contributed by atoms with Gasteiger partial charge in [0.1, 0.15) is 5.75 Å². The zero-order valence-corrected chi connectivity index (χ0v) is 15.7. The van der Waals surface area contributed by atoms with E-state index in [0.717, 1.165) is 56.9 Å². The fourth-order valence-corrected chi connectivity index (χ4v) is 2.94. The van der Waals surface area contributed by atoms with Gasteiger partial charge in [0.2, 0.25) is 0 Å². The molecule has 5 heteroatoms. The van der Waals surface area contributed by atoms with Gasteiger partial charge in [-0.05, 0) is 44.2 Å². The summed E-state index contributed by atoms with van der Waals surface area (Å²) in [7, 11) is 2.13. The number of ether oxygens (including phenoxy) is 2. The summed E-state index contributed by atoms with van der Waals surface area (Å²) >= 11 is 0. The Balaban J connectivity index is 1.68. The van der Waals surface area contributed by atoms with Crippen molar-refractivity contribution in [2.24, 2.45) is 10.9 Å². The van der Waals surface area contributed by atoms with Gasteiger partial charge in [-0.1, -0.05) is 18.2 Å². The van der Waals surface area contributed by atoms with Crippen molar-refractivity contribution in [1.29, 1.82) is 0 Å². The lowest BCUT2D eigenvalue weighted by atomic mass is 9.96. The van der Waals surface area contributed by atoms with Crippen LogP contribution in [0.3, 0.4) is 0 Å². The lowest BCUT2D eigenvalue weighted by Gasteiger charge is -2.26. The number of hydrogen-bond donors (Lipinski definition) is 1. The standard InChI is InChI=1S/C20H33N3O2/c1-3-21-20(23(2)14-10-18-11-16-24-17-12-18)22-13-7-15-25-19-8-5-4-6-9-19/h4-6,8-9,18H,3,7,10-17H2,1-2H3,(H,21,22). The van der Waals surface area contributed by atoms with E-state index in [-0.39, 0.29) is 0 Å². The van der Waals surface area contributed by atoms with Crippen molar-refractivity contribution in [2.75, 3.05) is 46.5 Å². The topological polar surface area (TPSA) is 46.1 Å². The normalized spacial score (nSPS) is 15.8. The van der Waals surface area contributed by atoms with Crippen molar-refractivity contribution in [3.8, 4) is 5.75 Å². The molecule has 1 aromatic carbocycles. The summed E-state index contributed by atoms with van der Waals surface area (Å²) in [6.45, 7) is 7.35. The Morgan fingerprint density at radius 3 is 2.76 bits per heavy atom. The maximum atomic E-state index is 5.72. The summed E-state index contributed by atoms with van der Waals surface area (Å²) in [4.78, 5) is 6.98. The van der Waals surface area contributed by atoms with Crippen LogP contribution in [-0.4, -0.2) is 57.4 Å². The number of nitrogens with one attached hydrogen (secondary N) is 1. The van der Waals surface area contributed by atoms with Gasteiger partial charge in [0.05, 0.1) is 6.61 Å². The molecule has 2 rings (SSSR count). The van der Waals surface area contributed by atoms with Crippen LogP contribution < -0.4 is 10.1 Å². The van der Waals surface area contributed by atoms with Crippen molar-refractivity contribution < 1.29 is 9.47 Å². The monoisotopic (exact) mass is 347 g/mol. The van der Waals surface area contributed by atoms with Gasteiger partial charge in [-0.25, -0.2) is 0 Å². The summed E-state index contributed by atoms with van der Waals surface area (Å²) < 4.78 is 11.2. The minimum absolute atomic E-state index is 0.693. The Kier molecular flexibility index (Phi) is 9.19. The molecule has 5 nitrogen and oxygen atoms in total. The summed E-state index contributed by atoms with van der Waals surface area (Å²) in [5, 5.41) is 3.39. The van der Waals surface area contributed by atoms with Crippen LogP contribution in [0.2, 0.25) is 0 Å². The molecule has 0 unspecified atom stereocenters. The Hall–Kier alpha value is -1.75. The molecule has 25 heavy (non-hydrogen) atoms. The highest BCUT2D eigenvalue weighted by Crippen LogP contribution is 2.18. The third-order valence-electron chi connectivity index (χ3n) is 4.49. The molecule has 1 saturated heterocycles. The Morgan fingerprint density at radius 2 is 2.04 bits per heavy atom. The molecule has 0 saturated carbocycles. The van der Waals surface area contributed by atoms with E-state index >= 15 is 0 Å². The Bertz CT molecular complexity index is 487. The molecule has 0 radical (unpaired) electrons. The van der Waals surface area contributed by atoms with Crippen LogP contribution in [0.25, 0.3) is 0 Å². The summed E-state index contributed by atoms with van der Waals surface area (Å²) in [6, 6.07) is 9.94. The third-order valence-corrected chi connectivity index (χ3v) is 4.49. The molecule has 0 spiro atoms. The molecule has 1 aromatic rings. The van der Waals surface area contributed by atoms with Crippen LogP contribution in [0.5, 0.6) is 5.75 Å². The van der Waals surface area contributed by atoms with Crippen LogP contribution in [0.1, 0.15) is 32.6 Å². The molecular weight excluding hydrogens is 314 g/mol. The van der Waals surface area contributed by atoms with Crippen LogP contribution in [0, 0.1) is 5.92 Å². The van der Waals surface area contributed by atoms with Crippen molar-refractivity contribution in [1.82, 2.24) is 10.2 Å². The predicted octanol–water partition coefficient (Wildman–Crippen LogP) is 3.17. The highest BCUT2D eigenvalue weighted by atomic mass is 16.5. The molecule has 0 aliphatic carbocycles. The molecule has 1 aliphatic heterocycles. The van der Waals surface area contributed by atoms with Gasteiger partial charge in [-0.2, -0.15) is 0 Å². The van der Waals surface area contributed by atoms with E-state index in [1.165, 1.54) is 19.3 Å². The lowest BCUT2D eigenvalue weighted by Crippen LogP contribution is -2.40. The van der Waals surface area contributed by atoms with Crippen LogP contribution in [0.15, 0.2) is 35.3 Å². The molecule has 0 atom stereocenters. The highest BCUT2D eigenvalue weighted by molar-refractivity contribution is 5.79. The molecule has 1 aliphatic rings. The minimum atomic E-state index is 0.693. The van der Waals surface area contributed by atoms with E-state index in [2.05, 4.69) is 24.2 Å². The fraction of sp³-hybridized carbons (Fsp3) is 0.650. The minimum Gasteiger partial charge on any atom is -0.494 e. The second kappa shape index (κ2) is 11.7. The van der Waals surface area contributed by atoms with Gasteiger partial charge in [-0.3, -0.25) is 4.99 Å². The van der Waals surface area contributed by atoms with E-state index in [4.69, 9.17) is 14.5 Å². The maximum Gasteiger partial charge on any atom is 0.193 e. The van der Waals surface area contributed by atoms with E-state index in [1.54, 1.807) is 0 Å². The first kappa shape index (κ1) is 19.6. The summed E-state index contributed by atoms with van der Waals surface area (Å²) in [5.41, 5.74) is 0. The molecule has 1 N–H and O–H groups in total. The number of benzene rings is 1. The molecule has 0 bridgehead atoms. The van der Waals surface area contributed by atoms with Crippen molar-refractivity contribution in [3.63, 3.8) is 0 Å². The van der Waals surface area contributed by atoms with E-state index in [1.807, 2.05) is 30.3 Å². The SMILES string of the molecule is CCNC(=NCCCOc1ccccc1)N(C)CCC1CCOCC1. The van der Waals surface area contributed by atoms with E-state index in [9.17, 15) is 0 Å². The number of guanidine groups is 1. The van der Waals surface area contributed by atoms with Gasteiger partial charge < -0.3 is 19.7 Å². The molecule has 0 aromatic heterocycles. The number of rotatable bonds is 9. The lowest BCUT2D eigenvalue weighted by molar-refractivity contribution is 0.0625. The number of nitrogens with zero attached hydrogens (tertiary/aromatic N) is 2. The van der Waals surface area contributed by atoms with Gasteiger partial charge in [0, 0.05) is 46.3 Å². The van der Waals surface area contributed by atoms with Gasteiger partial charge in [-0.15, -0.1) is 0 Å². The molecule has 0 amide bonds. The number of hydrogen-bond acceptors (Lipinski definition) is 3. The smallest absolute Gasteiger partial charge is 0.193 e. The Labute approximate surface area is 152 Å². The van der Waals surface area contributed by atoms with Gasteiger partial charge >= 0.3 is 0 Å². The molecule has 1 fully saturated rings. The zero-order chi connectivity index (χ0) is 17.7. The first-order valence-electron chi connectivity index (χ1n) is 9.54.